The summed E-state index contributed by atoms with van der Waals surface area (Å²) in [7, 11) is 1.65. The molecule has 0 spiro atoms. The van der Waals surface area contributed by atoms with Crippen LogP contribution in [0.15, 0.2) is 85.1 Å². The first-order valence-corrected chi connectivity index (χ1v) is 15.4. The molecule has 4 rings (SSSR count). The van der Waals surface area contributed by atoms with E-state index in [1.807, 2.05) is 72.9 Å². The van der Waals surface area contributed by atoms with Crippen molar-refractivity contribution in [3.05, 3.63) is 102 Å². The van der Waals surface area contributed by atoms with Crippen LogP contribution in [-0.2, 0) is 33.6 Å². The summed E-state index contributed by atoms with van der Waals surface area (Å²) < 4.78 is 5.21. The van der Waals surface area contributed by atoms with Crippen molar-refractivity contribution in [1.82, 2.24) is 15.6 Å². The topological polar surface area (TPSA) is 121 Å². The zero-order valence-corrected chi connectivity index (χ0v) is 25.4. The summed E-state index contributed by atoms with van der Waals surface area (Å²) in [5.74, 6) is -1.58. The van der Waals surface area contributed by atoms with Crippen molar-refractivity contribution in [3.8, 4) is 5.75 Å². The second-order valence-corrected chi connectivity index (χ2v) is 11.2. The molecule has 8 nitrogen and oxygen atoms in total. The third kappa shape index (κ3) is 10.0. The van der Waals surface area contributed by atoms with Crippen molar-refractivity contribution in [1.29, 1.82) is 0 Å². The van der Waals surface area contributed by atoms with E-state index in [2.05, 4.69) is 27.8 Å². The minimum absolute atomic E-state index is 0.271. The average molecular weight is 598 g/mol. The fourth-order valence-electron chi connectivity index (χ4n) is 5.52. The number of aromatic nitrogens is 1. The SMILES string of the molecule is COc1ccc(CCCCCCC(CC(=O)O)C(=O)NC(Cc2c[nH]c3ccccc23)C(=O)NCCc2ccccc2)cc1. The predicted octanol–water partition coefficient (Wildman–Crippen LogP) is 5.85. The molecule has 0 saturated carbocycles. The quantitative estimate of drug-likeness (QED) is 0.107. The molecule has 0 fully saturated rings. The number of aryl methyl sites for hydroxylation is 1. The number of nitrogens with one attached hydrogen (secondary N) is 3. The van der Waals surface area contributed by atoms with E-state index < -0.39 is 23.8 Å². The monoisotopic (exact) mass is 597 g/mol. The van der Waals surface area contributed by atoms with E-state index >= 15 is 0 Å². The van der Waals surface area contributed by atoms with E-state index in [0.717, 1.165) is 59.9 Å². The summed E-state index contributed by atoms with van der Waals surface area (Å²) in [6, 6.07) is 24.9. The zero-order valence-electron chi connectivity index (χ0n) is 25.4. The minimum atomic E-state index is -1.02. The van der Waals surface area contributed by atoms with Crippen LogP contribution >= 0.6 is 0 Å². The minimum Gasteiger partial charge on any atom is -0.497 e. The molecule has 232 valence electrons. The molecule has 0 radical (unpaired) electrons. The van der Waals surface area contributed by atoms with Gasteiger partial charge in [0.05, 0.1) is 13.5 Å². The molecule has 2 amide bonds. The van der Waals surface area contributed by atoms with E-state index in [9.17, 15) is 19.5 Å². The first-order chi connectivity index (χ1) is 21.4. The van der Waals surface area contributed by atoms with Crippen molar-refractivity contribution in [2.75, 3.05) is 13.7 Å². The summed E-state index contributed by atoms with van der Waals surface area (Å²) in [5, 5.41) is 16.4. The summed E-state index contributed by atoms with van der Waals surface area (Å²) in [6.07, 6.45) is 7.60. The van der Waals surface area contributed by atoms with E-state index in [1.54, 1.807) is 7.11 Å². The van der Waals surface area contributed by atoms with E-state index in [4.69, 9.17) is 4.74 Å². The van der Waals surface area contributed by atoms with Gasteiger partial charge in [-0.25, -0.2) is 0 Å². The number of para-hydroxylation sites is 1. The van der Waals surface area contributed by atoms with Crippen LogP contribution in [0.3, 0.4) is 0 Å². The van der Waals surface area contributed by atoms with Crippen LogP contribution in [0.5, 0.6) is 5.75 Å². The van der Waals surface area contributed by atoms with Gasteiger partial charge in [-0.2, -0.15) is 0 Å². The van der Waals surface area contributed by atoms with Crippen LogP contribution in [0, 0.1) is 5.92 Å². The number of hydrogen-bond acceptors (Lipinski definition) is 4. The highest BCUT2D eigenvalue weighted by Crippen LogP contribution is 2.21. The molecular weight excluding hydrogens is 554 g/mol. The Balaban J connectivity index is 1.34. The number of ether oxygens (including phenoxy) is 1. The number of fused-ring (bicyclic) bond motifs is 1. The number of aliphatic carboxylic acids is 1. The number of rotatable bonds is 18. The average Bonchev–Trinajstić information content (AvgIpc) is 3.45. The van der Waals surface area contributed by atoms with Crippen LogP contribution in [0.2, 0.25) is 0 Å². The lowest BCUT2D eigenvalue weighted by Crippen LogP contribution is -2.50. The lowest BCUT2D eigenvalue weighted by Gasteiger charge is -2.22. The number of carboxylic acids is 1. The van der Waals surface area contributed by atoms with Crippen LogP contribution in [-0.4, -0.2) is 47.6 Å². The number of methoxy groups -OCH3 is 1. The lowest BCUT2D eigenvalue weighted by atomic mass is 9.95. The van der Waals surface area contributed by atoms with Crippen LogP contribution < -0.4 is 15.4 Å². The molecule has 0 saturated heterocycles. The third-order valence-corrected chi connectivity index (χ3v) is 8.01. The van der Waals surface area contributed by atoms with Crippen LogP contribution in [0.25, 0.3) is 10.9 Å². The molecule has 3 aromatic carbocycles. The maximum absolute atomic E-state index is 13.5. The van der Waals surface area contributed by atoms with Crippen molar-refractivity contribution >= 4 is 28.7 Å². The number of hydrogen-bond donors (Lipinski definition) is 4. The van der Waals surface area contributed by atoms with Gasteiger partial charge in [0.2, 0.25) is 11.8 Å². The summed E-state index contributed by atoms with van der Waals surface area (Å²) >= 11 is 0. The fourth-order valence-corrected chi connectivity index (χ4v) is 5.52. The highest BCUT2D eigenvalue weighted by molar-refractivity contribution is 5.91. The maximum atomic E-state index is 13.5. The Morgan fingerprint density at radius 3 is 2.27 bits per heavy atom. The fraction of sp³-hybridized carbons (Fsp3) is 0.361. The first kappa shape index (κ1) is 32.3. The number of unbranched alkanes of at least 4 members (excludes halogenated alkanes) is 3. The number of carbonyl (C=O) groups is 3. The number of carbonyl (C=O) groups excluding carboxylic acids is 2. The third-order valence-electron chi connectivity index (χ3n) is 8.01. The highest BCUT2D eigenvalue weighted by Gasteiger charge is 2.28. The molecule has 4 aromatic rings. The van der Waals surface area contributed by atoms with Crippen molar-refractivity contribution in [2.45, 2.75) is 63.8 Å². The van der Waals surface area contributed by atoms with Crippen LogP contribution in [0.4, 0.5) is 0 Å². The van der Waals surface area contributed by atoms with Gasteiger partial charge in [-0.3, -0.25) is 14.4 Å². The Hall–Kier alpha value is -4.59. The Morgan fingerprint density at radius 2 is 1.52 bits per heavy atom. The van der Waals surface area contributed by atoms with Gasteiger partial charge in [-0.1, -0.05) is 79.9 Å². The molecule has 0 aliphatic rings. The summed E-state index contributed by atoms with van der Waals surface area (Å²) in [4.78, 5) is 41.8. The smallest absolute Gasteiger partial charge is 0.304 e. The predicted molar refractivity (Wildman–Crippen MR) is 173 cm³/mol. The molecule has 1 heterocycles. The number of amides is 2. The van der Waals surface area contributed by atoms with Gasteiger partial charge < -0.3 is 25.5 Å². The Bertz CT molecular complexity index is 1480. The molecule has 1 aromatic heterocycles. The number of benzene rings is 3. The second-order valence-electron chi connectivity index (χ2n) is 11.2. The van der Waals surface area contributed by atoms with Crippen molar-refractivity contribution in [2.24, 2.45) is 5.92 Å². The lowest BCUT2D eigenvalue weighted by molar-refractivity contribution is -0.141. The number of aromatic amines is 1. The van der Waals surface area contributed by atoms with Crippen molar-refractivity contribution in [3.63, 3.8) is 0 Å². The molecule has 44 heavy (non-hydrogen) atoms. The normalized spacial score (nSPS) is 12.4. The van der Waals surface area contributed by atoms with Gasteiger partial charge in [0.15, 0.2) is 0 Å². The Morgan fingerprint density at radius 1 is 0.818 bits per heavy atom. The molecule has 0 bridgehead atoms. The molecule has 2 atom stereocenters. The number of H-pyrrole nitrogens is 1. The van der Waals surface area contributed by atoms with Gasteiger partial charge in [-0.05, 0) is 60.6 Å². The molecule has 0 aliphatic heterocycles. The molecule has 0 aliphatic carbocycles. The largest absolute Gasteiger partial charge is 0.497 e. The van der Waals surface area contributed by atoms with Gasteiger partial charge in [0.25, 0.3) is 0 Å². The summed E-state index contributed by atoms with van der Waals surface area (Å²) in [6.45, 7) is 0.429. The standard InChI is InChI=1S/C36H43N3O5/c1-44-30-19-17-27(18-20-30)13-5-2-3-8-14-28(24-34(40)41)35(42)39-33(23-29-25-38-32-16-10-9-15-31(29)32)36(43)37-22-21-26-11-6-4-7-12-26/h4,6-7,9-12,15-20,25,28,33,38H,2-3,5,8,13-14,21-24H2,1H3,(H,37,43)(H,39,42)(H,40,41). The van der Waals surface area contributed by atoms with Crippen molar-refractivity contribution < 1.29 is 24.2 Å². The molecule has 2 unspecified atom stereocenters. The van der Waals surface area contributed by atoms with Crippen LogP contribution in [0.1, 0.15) is 55.2 Å². The molecule has 8 heteroatoms. The van der Waals surface area contributed by atoms with E-state index in [1.165, 1.54) is 5.56 Å². The zero-order chi connectivity index (χ0) is 31.1. The highest BCUT2D eigenvalue weighted by atomic mass is 16.5. The first-order valence-electron chi connectivity index (χ1n) is 15.4. The summed E-state index contributed by atoms with van der Waals surface area (Å²) in [5.41, 5.74) is 4.22. The van der Waals surface area contributed by atoms with Gasteiger partial charge in [-0.15, -0.1) is 0 Å². The number of carboxylic acid groups (broad SMARTS) is 1. The van der Waals surface area contributed by atoms with E-state index in [0.29, 0.717) is 19.4 Å². The van der Waals surface area contributed by atoms with Gasteiger partial charge in [0.1, 0.15) is 11.8 Å². The maximum Gasteiger partial charge on any atom is 0.304 e. The Kier molecular flexibility index (Phi) is 12.4. The second kappa shape index (κ2) is 16.9. The van der Waals surface area contributed by atoms with Gasteiger partial charge in [0, 0.05) is 36.0 Å². The molecule has 4 N–H and O–H groups in total. The van der Waals surface area contributed by atoms with E-state index in [-0.39, 0.29) is 18.7 Å². The van der Waals surface area contributed by atoms with Gasteiger partial charge >= 0.3 is 5.97 Å². The Labute approximate surface area is 259 Å². The molecular formula is C36H43N3O5.